The van der Waals surface area contributed by atoms with Crippen molar-refractivity contribution in [3.63, 3.8) is 0 Å². The van der Waals surface area contributed by atoms with Gasteiger partial charge in [0.15, 0.2) is 11.5 Å². The third kappa shape index (κ3) is 9.97. The number of hydrogen-bond acceptors (Lipinski definition) is 4. The largest absolute Gasteiger partial charge is 0.511 e. The van der Waals surface area contributed by atoms with Crippen LogP contribution < -0.4 is 4.74 Å². The molecular formula is C20H32O5. The molecule has 0 aliphatic carbocycles. The summed E-state index contributed by atoms with van der Waals surface area (Å²) in [5, 5.41) is 18.6. The van der Waals surface area contributed by atoms with Crippen molar-refractivity contribution in [1.29, 1.82) is 0 Å². The molecule has 142 valence electrons. The van der Waals surface area contributed by atoms with Crippen LogP contribution in [-0.4, -0.2) is 29.6 Å². The summed E-state index contributed by atoms with van der Waals surface area (Å²) in [5.41, 5.74) is 0.724. The molecule has 0 spiro atoms. The molecule has 1 rings (SSSR count). The predicted octanol–water partition coefficient (Wildman–Crippen LogP) is 5.54. The number of rotatable bonds is 14. The first kappa shape index (κ1) is 21.3. The van der Waals surface area contributed by atoms with Crippen LogP contribution in [0.4, 0.5) is 4.79 Å². The van der Waals surface area contributed by atoms with Gasteiger partial charge in [0.2, 0.25) is 0 Å². The zero-order chi connectivity index (χ0) is 18.3. The minimum atomic E-state index is -1.42. The molecule has 0 saturated carbocycles. The number of aryl methyl sites for hydroxylation is 1. The molecule has 0 atom stereocenters. The van der Waals surface area contributed by atoms with Crippen molar-refractivity contribution in [3.05, 3.63) is 23.8 Å². The highest BCUT2D eigenvalue weighted by Gasteiger charge is 2.10. The number of benzene rings is 1. The van der Waals surface area contributed by atoms with Crippen molar-refractivity contribution in [1.82, 2.24) is 0 Å². The summed E-state index contributed by atoms with van der Waals surface area (Å²) < 4.78 is 10.2. The lowest BCUT2D eigenvalue weighted by Crippen LogP contribution is -2.03. The number of phenolic OH excluding ortho intramolecular Hbond substituents is 1. The number of hydrogen-bond donors (Lipinski definition) is 2. The van der Waals surface area contributed by atoms with Crippen LogP contribution >= 0.6 is 0 Å². The summed E-state index contributed by atoms with van der Waals surface area (Å²) in [5.74, 6) is -0.0753. The molecule has 0 heterocycles. The van der Waals surface area contributed by atoms with E-state index in [0.29, 0.717) is 6.42 Å². The predicted molar refractivity (Wildman–Crippen MR) is 98.5 cm³/mol. The van der Waals surface area contributed by atoms with Crippen LogP contribution in [0.15, 0.2) is 18.2 Å². The molecule has 5 heteroatoms. The molecule has 0 aliphatic rings. The molecule has 1 aromatic rings. The molecule has 1 aromatic carbocycles. The third-order valence-electron chi connectivity index (χ3n) is 4.16. The maximum absolute atomic E-state index is 10.6. The second-order valence-corrected chi connectivity index (χ2v) is 6.32. The number of ether oxygens (including phenoxy) is 2. The van der Waals surface area contributed by atoms with Crippen molar-refractivity contribution in [2.24, 2.45) is 0 Å². The van der Waals surface area contributed by atoms with Crippen molar-refractivity contribution in [2.45, 2.75) is 71.1 Å². The molecule has 2 N–H and O–H groups in total. The Morgan fingerprint density at radius 2 is 1.60 bits per heavy atom. The van der Waals surface area contributed by atoms with Gasteiger partial charge in [0.1, 0.15) is 0 Å². The molecule has 0 saturated heterocycles. The van der Waals surface area contributed by atoms with E-state index in [-0.39, 0.29) is 11.5 Å². The third-order valence-corrected chi connectivity index (χ3v) is 4.16. The Labute approximate surface area is 151 Å². The van der Waals surface area contributed by atoms with E-state index in [1.165, 1.54) is 31.7 Å². The van der Waals surface area contributed by atoms with Gasteiger partial charge in [0.25, 0.3) is 0 Å². The molecule has 0 aromatic heterocycles. The van der Waals surface area contributed by atoms with Crippen LogP contribution in [0.3, 0.4) is 0 Å². The number of carboxylic acid groups (broad SMARTS) is 1. The van der Waals surface area contributed by atoms with Gasteiger partial charge in [-0.1, -0.05) is 57.6 Å². The molecule has 0 bridgehead atoms. The van der Waals surface area contributed by atoms with Gasteiger partial charge in [-0.15, -0.1) is 0 Å². The molecule has 0 aliphatic heterocycles. The average molecular weight is 352 g/mol. The highest BCUT2D eigenvalue weighted by Crippen LogP contribution is 2.31. The zero-order valence-electron chi connectivity index (χ0n) is 15.3. The Kier molecular flexibility index (Phi) is 11.5. The van der Waals surface area contributed by atoms with E-state index in [1.807, 2.05) is 0 Å². The van der Waals surface area contributed by atoms with Crippen LogP contribution in [0.2, 0.25) is 0 Å². The molecule has 25 heavy (non-hydrogen) atoms. The summed E-state index contributed by atoms with van der Waals surface area (Å²) in [6, 6.07) is 4.94. The summed E-state index contributed by atoms with van der Waals surface area (Å²) in [4.78, 5) is 10.6. The van der Waals surface area contributed by atoms with Crippen LogP contribution in [-0.2, 0) is 11.2 Å². The van der Waals surface area contributed by atoms with Gasteiger partial charge in [-0.25, -0.2) is 4.79 Å². The second-order valence-electron chi connectivity index (χ2n) is 6.32. The minimum Gasteiger partial charge on any atom is -0.504 e. The SMILES string of the molecule is CCCCCCCOCCCCCCc1cccc(OC(=O)O)c1O. The quantitative estimate of drug-likeness (QED) is 0.261. The number of carbonyl (C=O) groups is 1. The Balaban J connectivity index is 2.06. The van der Waals surface area contributed by atoms with E-state index in [9.17, 15) is 9.90 Å². The molecule has 5 nitrogen and oxygen atoms in total. The Hall–Kier alpha value is -1.75. The summed E-state index contributed by atoms with van der Waals surface area (Å²) >= 11 is 0. The molecular weight excluding hydrogens is 320 g/mol. The van der Waals surface area contributed by atoms with Crippen LogP contribution in [0.25, 0.3) is 0 Å². The number of unbranched alkanes of at least 4 members (excludes halogenated alkanes) is 7. The normalized spacial score (nSPS) is 10.8. The van der Waals surface area contributed by atoms with Gasteiger partial charge in [-0.3, -0.25) is 0 Å². The Morgan fingerprint density at radius 3 is 2.24 bits per heavy atom. The maximum Gasteiger partial charge on any atom is 0.511 e. The van der Waals surface area contributed by atoms with Crippen molar-refractivity contribution < 1.29 is 24.5 Å². The summed E-state index contributed by atoms with van der Waals surface area (Å²) in [7, 11) is 0. The Morgan fingerprint density at radius 1 is 0.960 bits per heavy atom. The van der Waals surface area contributed by atoms with Crippen LogP contribution in [0.1, 0.15) is 70.3 Å². The number of aromatic hydroxyl groups is 1. The average Bonchev–Trinajstić information content (AvgIpc) is 2.58. The number of para-hydroxylation sites is 1. The fourth-order valence-corrected chi connectivity index (χ4v) is 2.73. The highest BCUT2D eigenvalue weighted by molar-refractivity contribution is 5.63. The maximum atomic E-state index is 10.6. The Bertz CT molecular complexity index is 487. The van der Waals surface area contributed by atoms with E-state index in [1.54, 1.807) is 12.1 Å². The van der Waals surface area contributed by atoms with Gasteiger partial charge >= 0.3 is 6.16 Å². The standard InChI is InChI=1S/C20H32O5/c1-2-3-4-6-9-15-24-16-10-7-5-8-12-17-13-11-14-18(19(17)21)25-20(22)23/h11,13-14,21H,2-10,12,15-16H2,1H3,(H,22,23). The van der Waals surface area contributed by atoms with Gasteiger partial charge in [0, 0.05) is 13.2 Å². The van der Waals surface area contributed by atoms with E-state index in [0.717, 1.165) is 50.9 Å². The van der Waals surface area contributed by atoms with Crippen molar-refractivity contribution >= 4 is 6.16 Å². The lowest BCUT2D eigenvalue weighted by atomic mass is 10.0. The van der Waals surface area contributed by atoms with Gasteiger partial charge < -0.3 is 19.7 Å². The smallest absolute Gasteiger partial charge is 0.504 e. The van der Waals surface area contributed by atoms with Crippen LogP contribution in [0.5, 0.6) is 11.5 Å². The van der Waals surface area contributed by atoms with E-state index in [4.69, 9.17) is 9.84 Å². The van der Waals surface area contributed by atoms with Crippen LogP contribution in [0, 0.1) is 0 Å². The molecule has 0 radical (unpaired) electrons. The lowest BCUT2D eigenvalue weighted by Gasteiger charge is -2.08. The first-order valence-electron chi connectivity index (χ1n) is 9.44. The molecule has 0 amide bonds. The zero-order valence-corrected chi connectivity index (χ0v) is 15.3. The monoisotopic (exact) mass is 352 g/mol. The van der Waals surface area contributed by atoms with Gasteiger partial charge in [0.05, 0.1) is 0 Å². The summed E-state index contributed by atoms with van der Waals surface area (Å²) in [6.07, 6.45) is 9.78. The fourth-order valence-electron chi connectivity index (χ4n) is 2.73. The topological polar surface area (TPSA) is 76.0 Å². The first-order valence-corrected chi connectivity index (χ1v) is 9.44. The lowest BCUT2D eigenvalue weighted by molar-refractivity contribution is 0.125. The number of phenols is 1. The van der Waals surface area contributed by atoms with Gasteiger partial charge in [-0.05, 0) is 37.3 Å². The minimum absolute atomic E-state index is 0.00247. The fraction of sp³-hybridized carbons (Fsp3) is 0.650. The first-order chi connectivity index (χ1) is 12.1. The van der Waals surface area contributed by atoms with E-state index < -0.39 is 6.16 Å². The molecule has 0 fully saturated rings. The molecule has 0 unspecified atom stereocenters. The summed E-state index contributed by atoms with van der Waals surface area (Å²) in [6.45, 7) is 3.91. The van der Waals surface area contributed by atoms with Crippen molar-refractivity contribution in [3.8, 4) is 11.5 Å². The van der Waals surface area contributed by atoms with Gasteiger partial charge in [-0.2, -0.15) is 0 Å². The van der Waals surface area contributed by atoms with Crippen molar-refractivity contribution in [2.75, 3.05) is 13.2 Å². The highest BCUT2D eigenvalue weighted by atomic mass is 16.7. The second kappa shape index (κ2) is 13.5. The van der Waals surface area contributed by atoms with E-state index in [2.05, 4.69) is 11.7 Å². The van der Waals surface area contributed by atoms with E-state index >= 15 is 0 Å².